The normalized spacial score (nSPS) is 14.0. The van der Waals surface area contributed by atoms with Gasteiger partial charge in [-0.05, 0) is 53.9 Å². The van der Waals surface area contributed by atoms with Gasteiger partial charge in [-0.3, -0.25) is 0 Å². The van der Waals surface area contributed by atoms with Gasteiger partial charge in [-0.15, -0.1) is 0 Å². The number of methoxy groups -OCH3 is 2. The van der Waals surface area contributed by atoms with Gasteiger partial charge in [0.2, 0.25) is 0 Å². The molecule has 2 unspecified atom stereocenters. The van der Waals surface area contributed by atoms with E-state index in [-0.39, 0.29) is 12.1 Å². The summed E-state index contributed by atoms with van der Waals surface area (Å²) in [5.74, 6) is 1.40. The standard InChI is InChI=1S/C14H22BrNO3/c1-9(16)5-11-6-12(15)14(13(7-11)18-4)19-10(2)8-17-3/h6-7,9-10H,5,8,16H2,1-4H3. The number of halogens is 1. The number of ether oxygens (including phenoxy) is 3. The Morgan fingerprint density at radius 1 is 1.26 bits per heavy atom. The fourth-order valence-electron chi connectivity index (χ4n) is 1.85. The minimum absolute atomic E-state index is 0.0468. The van der Waals surface area contributed by atoms with Crippen molar-refractivity contribution < 1.29 is 14.2 Å². The topological polar surface area (TPSA) is 53.7 Å². The molecule has 2 N–H and O–H groups in total. The first-order valence-corrected chi connectivity index (χ1v) is 7.04. The van der Waals surface area contributed by atoms with E-state index in [0.29, 0.717) is 18.1 Å². The van der Waals surface area contributed by atoms with E-state index in [2.05, 4.69) is 15.9 Å². The predicted molar refractivity (Wildman–Crippen MR) is 80.0 cm³/mol. The van der Waals surface area contributed by atoms with Crippen LogP contribution in [0.1, 0.15) is 19.4 Å². The second-order valence-corrected chi connectivity index (χ2v) is 5.53. The first-order chi connectivity index (χ1) is 8.97. The van der Waals surface area contributed by atoms with E-state index in [1.165, 1.54) is 0 Å². The summed E-state index contributed by atoms with van der Waals surface area (Å²) >= 11 is 3.52. The molecule has 0 aliphatic rings. The molecule has 0 saturated heterocycles. The molecule has 0 aliphatic heterocycles. The molecule has 0 radical (unpaired) electrons. The molecule has 0 fully saturated rings. The van der Waals surface area contributed by atoms with Gasteiger partial charge in [0.15, 0.2) is 11.5 Å². The van der Waals surface area contributed by atoms with Crippen molar-refractivity contribution >= 4 is 15.9 Å². The lowest BCUT2D eigenvalue weighted by atomic mass is 10.1. The number of benzene rings is 1. The summed E-state index contributed by atoms with van der Waals surface area (Å²) in [5, 5.41) is 0. The van der Waals surface area contributed by atoms with Crippen molar-refractivity contribution in [3.8, 4) is 11.5 Å². The fourth-order valence-corrected chi connectivity index (χ4v) is 2.43. The van der Waals surface area contributed by atoms with Crippen molar-refractivity contribution in [1.29, 1.82) is 0 Å². The van der Waals surface area contributed by atoms with E-state index < -0.39 is 0 Å². The van der Waals surface area contributed by atoms with Crippen LogP contribution in [0.25, 0.3) is 0 Å². The molecule has 19 heavy (non-hydrogen) atoms. The Bertz CT molecular complexity index is 410. The summed E-state index contributed by atoms with van der Waals surface area (Å²) in [6.07, 6.45) is 0.748. The summed E-state index contributed by atoms with van der Waals surface area (Å²) in [7, 11) is 3.28. The molecule has 0 aliphatic carbocycles. The molecule has 1 aromatic carbocycles. The Kier molecular flexibility index (Phi) is 6.62. The van der Waals surface area contributed by atoms with E-state index in [1.807, 2.05) is 26.0 Å². The minimum Gasteiger partial charge on any atom is -0.493 e. The molecule has 0 amide bonds. The SMILES string of the molecule is COCC(C)Oc1c(Br)cc(CC(C)N)cc1OC. The maximum Gasteiger partial charge on any atom is 0.175 e. The van der Waals surface area contributed by atoms with Crippen LogP contribution in [0.3, 0.4) is 0 Å². The predicted octanol–water partition coefficient (Wildman–Crippen LogP) is 2.76. The van der Waals surface area contributed by atoms with Gasteiger partial charge >= 0.3 is 0 Å². The van der Waals surface area contributed by atoms with E-state index in [9.17, 15) is 0 Å². The first-order valence-electron chi connectivity index (χ1n) is 6.25. The van der Waals surface area contributed by atoms with Gasteiger partial charge in [-0.1, -0.05) is 0 Å². The second kappa shape index (κ2) is 7.72. The third-order valence-electron chi connectivity index (χ3n) is 2.57. The Morgan fingerprint density at radius 2 is 1.95 bits per heavy atom. The zero-order valence-electron chi connectivity index (χ0n) is 11.9. The van der Waals surface area contributed by atoms with Crippen LogP contribution in [0.2, 0.25) is 0 Å². The molecule has 2 atom stereocenters. The van der Waals surface area contributed by atoms with Crippen molar-refractivity contribution in [2.24, 2.45) is 5.73 Å². The zero-order chi connectivity index (χ0) is 14.4. The van der Waals surface area contributed by atoms with Crippen molar-refractivity contribution in [2.45, 2.75) is 32.4 Å². The average Bonchev–Trinajstić information content (AvgIpc) is 2.31. The zero-order valence-corrected chi connectivity index (χ0v) is 13.5. The maximum atomic E-state index is 5.84. The molecule has 0 spiro atoms. The summed E-state index contributed by atoms with van der Waals surface area (Å²) in [5.41, 5.74) is 6.94. The first kappa shape index (κ1) is 16.3. The highest BCUT2D eigenvalue weighted by molar-refractivity contribution is 9.10. The van der Waals surface area contributed by atoms with Crippen LogP contribution < -0.4 is 15.2 Å². The summed E-state index contributed by atoms with van der Waals surface area (Å²) in [6.45, 7) is 4.45. The van der Waals surface area contributed by atoms with Gasteiger partial charge in [0.1, 0.15) is 6.10 Å². The Hall–Kier alpha value is -0.780. The van der Waals surface area contributed by atoms with E-state index in [0.717, 1.165) is 16.5 Å². The highest BCUT2D eigenvalue weighted by Crippen LogP contribution is 2.37. The summed E-state index contributed by atoms with van der Waals surface area (Å²) in [4.78, 5) is 0. The number of hydrogen-bond donors (Lipinski definition) is 1. The molecule has 0 heterocycles. The summed E-state index contributed by atoms with van der Waals surface area (Å²) < 4.78 is 17.2. The van der Waals surface area contributed by atoms with Crippen molar-refractivity contribution in [1.82, 2.24) is 0 Å². The highest BCUT2D eigenvalue weighted by Gasteiger charge is 2.15. The molecule has 5 heteroatoms. The van der Waals surface area contributed by atoms with Gasteiger partial charge in [-0.2, -0.15) is 0 Å². The van der Waals surface area contributed by atoms with Crippen LogP contribution in [0.4, 0.5) is 0 Å². The monoisotopic (exact) mass is 331 g/mol. The Morgan fingerprint density at radius 3 is 2.47 bits per heavy atom. The van der Waals surface area contributed by atoms with Crippen molar-refractivity contribution in [3.05, 3.63) is 22.2 Å². The van der Waals surface area contributed by atoms with E-state index >= 15 is 0 Å². The molecule has 108 valence electrons. The minimum atomic E-state index is -0.0468. The van der Waals surface area contributed by atoms with Crippen LogP contribution in [0, 0.1) is 0 Å². The molecule has 0 aromatic heterocycles. The lowest BCUT2D eigenvalue weighted by molar-refractivity contribution is 0.0894. The molecule has 0 bridgehead atoms. The molecule has 4 nitrogen and oxygen atoms in total. The quantitative estimate of drug-likeness (QED) is 0.834. The Balaban J connectivity index is 2.97. The van der Waals surface area contributed by atoms with Crippen molar-refractivity contribution in [2.75, 3.05) is 20.8 Å². The second-order valence-electron chi connectivity index (χ2n) is 4.67. The third-order valence-corrected chi connectivity index (χ3v) is 3.16. The summed E-state index contributed by atoms with van der Waals surface area (Å²) in [6, 6.07) is 4.08. The lowest BCUT2D eigenvalue weighted by Gasteiger charge is -2.19. The maximum absolute atomic E-state index is 5.84. The number of nitrogens with two attached hydrogens (primary N) is 1. The van der Waals surface area contributed by atoms with Crippen LogP contribution in [0.15, 0.2) is 16.6 Å². The van der Waals surface area contributed by atoms with Crippen LogP contribution in [0.5, 0.6) is 11.5 Å². The smallest absolute Gasteiger partial charge is 0.175 e. The Labute approximate surface area is 123 Å². The van der Waals surface area contributed by atoms with Gasteiger partial charge in [0, 0.05) is 13.2 Å². The van der Waals surface area contributed by atoms with Crippen molar-refractivity contribution in [3.63, 3.8) is 0 Å². The lowest BCUT2D eigenvalue weighted by Crippen LogP contribution is -2.19. The number of hydrogen-bond acceptors (Lipinski definition) is 4. The van der Waals surface area contributed by atoms with Crippen LogP contribution >= 0.6 is 15.9 Å². The van der Waals surface area contributed by atoms with Gasteiger partial charge in [0.05, 0.1) is 18.2 Å². The highest BCUT2D eigenvalue weighted by atomic mass is 79.9. The van der Waals surface area contributed by atoms with Gasteiger partial charge < -0.3 is 19.9 Å². The molecule has 1 aromatic rings. The van der Waals surface area contributed by atoms with E-state index in [4.69, 9.17) is 19.9 Å². The average molecular weight is 332 g/mol. The molecule has 1 rings (SSSR count). The number of rotatable bonds is 7. The molecular formula is C14H22BrNO3. The van der Waals surface area contributed by atoms with Gasteiger partial charge in [0.25, 0.3) is 0 Å². The van der Waals surface area contributed by atoms with Gasteiger partial charge in [-0.25, -0.2) is 0 Å². The van der Waals surface area contributed by atoms with E-state index in [1.54, 1.807) is 14.2 Å². The fraction of sp³-hybridized carbons (Fsp3) is 0.571. The van der Waals surface area contributed by atoms with Crippen LogP contribution in [-0.4, -0.2) is 33.0 Å². The molecular weight excluding hydrogens is 310 g/mol. The largest absolute Gasteiger partial charge is 0.493 e. The molecule has 0 saturated carbocycles. The van der Waals surface area contributed by atoms with Crippen LogP contribution in [-0.2, 0) is 11.2 Å². The third kappa shape index (κ3) is 5.01.